The van der Waals surface area contributed by atoms with Crippen molar-refractivity contribution in [2.24, 2.45) is 40.9 Å². The lowest BCUT2D eigenvalue weighted by atomic mass is 9.52. The average Bonchev–Trinajstić information content (AvgIpc) is 3.38. The number of carboxylic acids is 3. The molecule has 0 bridgehead atoms. The summed E-state index contributed by atoms with van der Waals surface area (Å²) in [6.45, 7) is 11.0. The molecule has 1 spiro atoms. The number of carbonyl (C=O) groups excluding carboxylic acids is 1. The van der Waals surface area contributed by atoms with E-state index in [1.165, 1.54) is 38.5 Å². The molecule has 44 heavy (non-hydrogen) atoms. The molecule has 6 rings (SSSR count). The Kier molecular flexibility index (Phi) is 9.12. The number of hydrogen-bond acceptors (Lipinski definition) is 7. The van der Waals surface area contributed by atoms with Crippen molar-refractivity contribution < 1.29 is 44.3 Å². The number of nitrogens with one attached hydrogen (secondary N) is 1. The molecule has 6 aliphatic rings. The zero-order valence-electron chi connectivity index (χ0n) is 26.6. The number of fused-ring (bicyclic) bond motifs is 6. The first-order chi connectivity index (χ1) is 20.6. The molecule has 0 radical (unpaired) electrons. The van der Waals surface area contributed by atoms with Crippen LogP contribution in [0.15, 0.2) is 11.1 Å². The Bertz CT molecular complexity index is 1200. The molecule has 5 fully saturated rings. The first-order valence-electron chi connectivity index (χ1n) is 16.6. The van der Waals surface area contributed by atoms with Gasteiger partial charge in [0.25, 0.3) is 0 Å². The van der Waals surface area contributed by atoms with E-state index in [0.29, 0.717) is 35.2 Å². The molecule has 0 aromatic heterocycles. The van der Waals surface area contributed by atoms with E-state index in [1.54, 1.807) is 5.57 Å². The van der Waals surface area contributed by atoms with Crippen molar-refractivity contribution >= 4 is 23.7 Å². The topological polar surface area (TPSA) is 170 Å². The molecular weight excluding hydrogens is 566 g/mol. The van der Waals surface area contributed by atoms with E-state index < -0.39 is 36.4 Å². The molecule has 10 atom stereocenters. The Balaban J connectivity index is 0.000000253. The highest BCUT2D eigenvalue weighted by molar-refractivity contribution is 5.88. The summed E-state index contributed by atoms with van der Waals surface area (Å²) in [6.07, 6.45) is 9.88. The molecule has 4 aliphatic carbocycles. The number of ketones is 1. The number of rotatable bonds is 5. The quantitative estimate of drug-likeness (QED) is 0.278. The SMILES string of the molecule is CC1=C2C[C@H]3[C@@H](CC[C@H]4CC(=O)CC[C@@]43C)[C@@H]2CC[C@@]2(C1)O[C@@H]1C[C@H](C)CN[C@H]1[C@H]2C.O=C(O)CC(O)(CC(=O)O)C(=O)O. The van der Waals surface area contributed by atoms with Gasteiger partial charge in [-0.2, -0.15) is 0 Å². The van der Waals surface area contributed by atoms with Crippen LogP contribution in [0.1, 0.15) is 105 Å². The van der Waals surface area contributed by atoms with Gasteiger partial charge in [0.2, 0.25) is 0 Å². The van der Waals surface area contributed by atoms with Gasteiger partial charge in [-0.1, -0.05) is 31.9 Å². The second kappa shape index (κ2) is 12.1. The maximum absolute atomic E-state index is 12.2. The molecule has 3 saturated carbocycles. The third kappa shape index (κ3) is 5.98. The largest absolute Gasteiger partial charge is 0.481 e. The second-order valence-electron chi connectivity index (χ2n) is 15.4. The van der Waals surface area contributed by atoms with Crippen LogP contribution < -0.4 is 5.32 Å². The molecule has 2 aliphatic heterocycles. The van der Waals surface area contributed by atoms with Gasteiger partial charge in [-0.25, -0.2) is 4.79 Å². The van der Waals surface area contributed by atoms with E-state index in [0.717, 1.165) is 55.9 Å². The summed E-state index contributed by atoms with van der Waals surface area (Å²) in [4.78, 5) is 42.7. The summed E-state index contributed by atoms with van der Waals surface area (Å²) in [7, 11) is 0. The third-order valence-electron chi connectivity index (χ3n) is 12.7. The van der Waals surface area contributed by atoms with Crippen molar-refractivity contribution in [1.82, 2.24) is 5.32 Å². The van der Waals surface area contributed by atoms with E-state index in [-0.39, 0.29) is 5.60 Å². The summed E-state index contributed by atoms with van der Waals surface area (Å²) in [5.74, 6) is -0.0528. The third-order valence-corrected chi connectivity index (χ3v) is 12.7. The fourth-order valence-corrected chi connectivity index (χ4v) is 10.3. The van der Waals surface area contributed by atoms with Crippen LogP contribution in [0.25, 0.3) is 0 Å². The highest BCUT2D eigenvalue weighted by Crippen LogP contribution is 2.65. The van der Waals surface area contributed by atoms with E-state index in [4.69, 9.17) is 25.2 Å². The fraction of sp³-hybridized carbons (Fsp3) is 0.824. The van der Waals surface area contributed by atoms with E-state index in [1.807, 2.05) is 5.57 Å². The van der Waals surface area contributed by atoms with Crippen molar-refractivity contribution in [3.63, 3.8) is 0 Å². The average molecular weight is 618 g/mol. The Hall–Kier alpha value is -2.30. The van der Waals surface area contributed by atoms with E-state index in [2.05, 4.69) is 33.0 Å². The van der Waals surface area contributed by atoms with Crippen molar-refractivity contribution in [3.05, 3.63) is 11.1 Å². The number of piperidine rings is 1. The van der Waals surface area contributed by atoms with Crippen molar-refractivity contribution in [2.45, 2.75) is 128 Å². The molecule has 0 aromatic rings. The number of allylic oxidation sites excluding steroid dienone is 1. The monoisotopic (exact) mass is 617 g/mol. The summed E-state index contributed by atoms with van der Waals surface area (Å²) in [5.41, 5.74) is 1.21. The molecule has 2 saturated heterocycles. The minimum Gasteiger partial charge on any atom is -0.481 e. The number of carboxylic acid groups (broad SMARTS) is 3. The normalized spacial score (nSPS) is 41.4. The minimum atomic E-state index is -2.74. The summed E-state index contributed by atoms with van der Waals surface area (Å²) < 4.78 is 7.01. The van der Waals surface area contributed by atoms with Crippen molar-refractivity contribution in [3.8, 4) is 0 Å². The lowest BCUT2D eigenvalue weighted by molar-refractivity contribution is -0.170. The molecule has 246 valence electrons. The highest BCUT2D eigenvalue weighted by Gasteiger charge is 2.59. The number of Topliss-reactive ketones (excluding diaryl/α,β-unsaturated/α-hetero) is 1. The molecule has 0 amide bonds. The Morgan fingerprint density at radius 3 is 2.34 bits per heavy atom. The maximum atomic E-state index is 12.2. The van der Waals surface area contributed by atoms with Gasteiger partial charge >= 0.3 is 17.9 Å². The van der Waals surface area contributed by atoms with Gasteiger partial charge < -0.3 is 30.5 Å². The smallest absolute Gasteiger partial charge is 0.336 e. The summed E-state index contributed by atoms with van der Waals surface area (Å²) >= 11 is 0. The first-order valence-corrected chi connectivity index (χ1v) is 16.6. The predicted octanol–water partition coefficient (Wildman–Crippen LogP) is 4.43. The van der Waals surface area contributed by atoms with Crippen LogP contribution in [0.4, 0.5) is 0 Å². The molecule has 5 N–H and O–H groups in total. The Morgan fingerprint density at radius 2 is 1.70 bits per heavy atom. The van der Waals surface area contributed by atoms with Gasteiger partial charge in [0, 0.05) is 24.8 Å². The van der Waals surface area contributed by atoms with Crippen molar-refractivity contribution in [2.75, 3.05) is 6.54 Å². The number of carbonyl (C=O) groups is 4. The van der Waals surface area contributed by atoms with Gasteiger partial charge in [0.15, 0.2) is 5.60 Å². The molecule has 0 unspecified atom stereocenters. The van der Waals surface area contributed by atoms with Crippen LogP contribution in [-0.2, 0) is 23.9 Å². The van der Waals surface area contributed by atoms with Gasteiger partial charge in [-0.05, 0) is 99.8 Å². The number of hydrogen-bond donors (Lipinski definition) is 5. The van der Waals surface area contributed by atoms with Crippen LogP contribution >= 0.6 is 0 Å². The lowest BCUT2D eigenvalue weighted by Crippen LogP contribution is -2.48. The summed E-state index contributed by atoms with van der Waals surface area (Å²) in [5, 5.41) is 37.7. The highest BCUT2D eigenvalue weighted by atomic mass is 16.5. The maximum Gasteiger partial charge on any atom is 0.336 e. The number of aliphatic hydroxyl groups is 1. The van der Waals surface area contributed by atoms with E-state index in [9.17, 15) is 19.2 Å². The number of ether oxygens (including phenoxy) is 1. The molecule has 10 heteroatoms. The van der Waals surface area contributed by atoms with Crippen LogP contribution in [-0.4, -0.2) is 74.0 Å². The Labute approximate surface area is 260 Å². The zero-order valence-corrected chi connectivity index (χ0v) is 26.6. The fourth-order valence-electron chi connectivity index (χ4n) is 10.3. The standard InChI is InChI=1S/C28H43NO2.C6H8O7/c1-16-11-25-26(29-15-16)18(3)28(31-25)10-8-21-22-6-5-19-12-20(30)7-9-27(19,4)24(22)13-23(21)17(2)14-28;7-3(8)1-6(13,5(11)12)2-4(9)10/h16,18-19,21-22,24-26,29H,5-15H2,1-4H3;13H,1-2H2,(H,7,8)(H,9,10)(H,11,12)/t16-,18+,19-,21-,22-,24-,25+,26-,27-,28-;/m0./s1. The molecule has 2 heterocycles. The van der Waals surface area contributed by atoms with E-state index >= 15 is 0 Å². The van der Waals surface area contributed by atoms with Gasteiger partial charge in [-0.15, -0.1) is 0 Å². The first kappa shape index (κ1) is 33.1. The zero-order chi connectivity index (χ0) is 32.2. The Morgan fingerprint density at radius 1 is 1.02 bits per heavy atom. The second-order valence-corrected chi connectivity index (χ2v) is 15.4. The van der Waals surface area contributed by atoms with Crippen LogP contribution in [0, 0.1) is 40.9 Å². The van der Waals surface area contributed by atoms with Crippen LogP contribution in [0.3, 0.4) is 0 Å². The van der Waals surface area contributed by atoms with Crippen LogP contribution in [0.5, 0.6) is 0 Å². The summed E-state index contributed by atoms with van der Waals surface area (Å²) in [6, 6.07) is 0.550. The predicted molar refractivity (Wildman–Crippen MR) is 161 cm³/mol. The minimum absolute atomic E-state index is 0.0572. The van der Waals surface area contributed by atoms with Crippen molar-refractivity contribution in [1.29, 1.82) is 0 Å². The molecular formula is C34H51NO9. The van der Waals surface area contributed by atoms with Crippen LogP contribution in [0.2, 0.25) is 0 Å². The number of aliphatic carboxylic acids is 3. The van der Waals surface area contributed by atoms with Gasteiger partial charge in [0.05, 0.1) is 24.5 Å². The lowest BCUT2D eigenvalue weighted by Gasteiger charge is -2.52. The van der Waals surface area contributed by atoms with Gasteiger partial charge in [0.1, 0.15) is 5.78 Å². The van der Waals surface area contributed by atoms with Gasteiger partial charge in [-0.3, -0.25) is 14.4 Å². The molecule has 10 nitrogen and oxygen atoms in total. The molecule has 0 aromatic carbocycles.